The average molecular weight is 356 g/mol. The summed E-state index contributed by atoms with van der Waals surface area (Å²) in [5, 5.41) is 2.83. The van der Waals surface area contributed by atoms with Crippen LogP contribution in [0.25, 0.3) is 0 Å². The van der Waals surface area contributed by atoms with Crippen molar-refractivity contribution < 1.29 is 14.4 Å². The van der Waals surface area contributed by atoms with Gasteiger partial charge in [-0.15, -0.1) is 0 Å². The summed E-state index contributed by atoms with van der Waals surface area (Å²) in [4.78, 5) is 41.7. The fourth-order valence-corrected chi connectivity index (χ4v) is 3.68. The molecule has 2 aliphatic heterocycles. The van der Waals surface area contributed by atoms with Crippen molar-refractivity contribution in [3.8, 4) is 0 Å². The number of nitrogens with one attached hydrogen (secondary N) is 1. The summed E-state index contributed by atoms with van der Waals surface area (Å²) in [7, 11) is 0. The highest BCUT2D eigenvalue weighted by atomic mass is 16.2. The molecule has 0 spiro atoms. The maximum absolute atomic E-state index is 12.4. The first-order valence-corrected chi connectivity index (χ1v) is 9.29. The van der Waals surface area contributed by atoms with Gasteiger partial charge in [-0.1, -0.05) is 0 Å². The van der Waals surface area contributed by atoms with Crippen LogP contribution in [0, 0.1) is 6.92 Å². The number of hydrogen-bond donors (Lipinski definition) is 1. The highest BCUT2D eigenvalue weighted by molar-refractivity contribution is 6.06. The number of benzene rings is 1. The van der Waals surface area contributed by atoms with Crippen molar-refractivity contribution in [2.75, 3.05) is 36.4 Å². The summed E-state index contributed by atoms with van der Waals surface area (Å²) < 4.78 is 0. The lowest BCUT2D eigenvalue weighted by atomic mass is 10.1. The van der Waals surface area contributed by atoms with E-state index in [4.69, 9.17) is 0 Å². The third-order valence-corrected chi connectivity index (χ3v) is 5.33. The van der Waals surface area contributed by atoms with Crippen LogP contribution in [-0.4, -0.2) is 59.9 Å². The van der Waals surface area contributed by atoms with Crippen molar-refractivity contribution >= 4 is 29.2 Å². The molecule has 1 aromatic carbocycles. The van der Waals surface area contributed by atoms with Crippen molar-refractivity contribution in [1.29, 1.82) is 0 Å². The van der Waals surface area contributed by atoms with Crippen LogP contribution in [0.4, 0.5) is 16.2 Å². The van der Waals surface area contributed by atoms with Gasteiger partial charge in [0.15, 0.2) is 0 Å². The normalized spacial score (nSPS) is 20.3. The summed E-state index contributed by atoms with van der Waals surface area (Å²) in [6.45, 7) is 3.97. The number of carbonyl (C=O) groups excluding carboxylic acids is 3. The lowest BCUT2D eigenvalue weighted by Crippen LogP contribution is -2.39. The molecule has 0 radical (unpaired) electrons. The molecule has 7 nitrogen and oxygen atoms in total. The summed E-state index contributed by atoms with van der Waals surface area (Å²) >= 11 is 0. The summed E-state index contributed by atoms with van der Waals surface area (Å²) in [5.74, 6) is -0.639. The number of hydrogen-bond acceptors (Lipinski definition) is 4. The Morgan fingerprint density at radius 1 is 1.19 bits per heavy atom. The van der Waals surface area contributed by atoms with Crippen molar-refractivity contribution in [2.45, 2.75) is 38.6 Å². The van der Waals surface area contributed by atoms with Crippen LogP contribution in [0.3, 0.4) is 0 Å². The molecule has 1 aromatic rings. The van der Waals surface area contributed by atoms with Crippen LogP contribution < -0.4 is 10.2 Å². The van der Waals surface area contributed by atoms with Crippen molar-refractivity contribution in [2.24, 2.45) is 0 Å². The standard InChI is InChI=1S/C19H24N4O3/c1-13-10-15(21-8-2-3-9-21)6-7-16(13)20-17(24)11-23-18(25)12-22(19(23)26)14-4-5-14/h6-7,10,14H,2-5,8-9,11-12H2,1H3,(H,20,24). The highest BCUT2D eigenvalue weighted by Crippen LogP contribution is 2.30. The molecule has 4 amide bonds. The summed E-state index contributed by atoms with van der Waals surface area (Å²) in [6.07, 6.45) is 4.32. The van der Waals surface area contributed by atoms with Gasteiger partial charge in [0.05, 0.1) is 0 Å². The molecule has 2 saturated heterocycles. The second-order valence-electron chi connectivity index (χ2n) is 7.36. The predicted octanol–water partition coefficient (Wildman–Crippen LogP) is 1.96. The third-order valence-electron chi connectivity index (χ3n) is 5.33. The van der Waals surface area contributed by atoms with Crippen molar-refractivity contribution in [3.05, 3.63) is 23.8 Å². The Morgan fingerprint density at radius 2 is 1.92 bits per heavy atom. The van der Waals surface area contributed by atoms with Gasteiger partial charge in [0, 0.05) is 30.5 Å². The number of rotatable bonds is 5. The zero-order valence-electron chi connectivity index (χ0n) is 15.0. The van der Waals surface area contributed by atoms with Crippen LogP contribution in [0.2, 0.25) is 0 Å². The highest BCUT2D eigenvalue weighted by Gasteiger charge is 2.44. The van der Waals surface area contributed by atoms with E-state index in [1.165, 1.54) is 18.5 Å². The van der Waals surface area contributed by atoms with Gasteiger partial charge in [-0.2, -0.15) is 0 Å². The lowest BCUT2D eigenvalue weighted by Gasteiger charge is -2.20. The average Bonchev–Trinajstić information content (AvgIpc) is 3.23. The summed E-state index contributed by atoms with van der Waals surface area (Å²) in [6, 6.07) is 5.82. The van der Waals surface area contributed by atoms with Crippen LogP contribution in [0.15, 0.2) is 18.2 Å². The van der Waals surface area contributed by atoms with Gasteiger partial charge < -0.3 is 15.1 Å². The first-order chi connectivity index (χ1) is 12.5. The third kappa shape index (κ3) is 3.25. The maximum atomic E-state index is 12.4. The molecule has 4 rings (SSSR count). The minimum Gasteiger partial charge on any atom is -0.372 e. The smallest absolute Gasteiger partial charge is 0.327 e. The Hall–Kier alpha value is -2.57. The maximum Gasteiger partial charge on any atom is 0.327 e. The van der Waals surface area contributed by atoms with E-state index in [-0.39, 0.29) is 37.0 Å². The van der Waals surface area contributed by atoms with Gasteiger partial charge in [-0.05, 0) is 56.4 Å². The SMILES string of the molecule is Cc1cc(N2CCCC2)ccc1NC(=O)CN1C(=O)CN(C2CC2)C1=O. The molecule has 7 heteroatoms. The second-order valence-corrected chi connectivity index (χ2v) is 7.36. The van der Waals surface area contributed by atoms with Gasteiger partial charge in [0.2, 0.25) is 5.91 Å². The molecule has 0 unspecified atom stereocenters. The van der Waals surface area contributed by atoms with Crippen LogP contribution in [0.1, 0.15) is 31.2 Å². The molecule has 0 aromatic heterocycles. The van der Waals surface area contributed by atoms with Crippen LogP contribution in [-0.2, 0) is 9.59 Å². The molecule has 0 bridgehead atoms. The molecule has 1 N–H and O–H groups in total. The molecule has 138 valence electrons. The molecule has 3 fully saturated rings. The van der Waals surface area contributed by atoms with E-state index in [0.717, 1.165) is 42.1 Å². The Balaban J connectivity index is 1.38. The Labute approximate surface area is 152 Å². The number of urea groups is 1. The number of imide groups is 1. The molecule has 26 heavy (non-hydrogen) atoms. The zero-order chi connectivity index (χ0) is 18.3. The largest absolute Gasteiger partial charge is 0.372 e. The number of nitrogens with zero attached hydrogens (tertiary/aromatic N) is 3. The molecule has 3 aliphatic rings. The van der Waals surface area contributed by atoms with E-state index in [1.54, 1.807) is 4.90 Å². The Morgan fingerprint density at radius 3 is 2.58 bits per heavy atom. The Kier molecular flexibility index (Phi) is 4.30. The van der Waals surface area contributed by atoms with Gasteiger partial charge in [0.25, 0.3) is 5.91 Å². The topological polar surface area (TPSA) is 73.0 Å². The molecule has 1 saturated carbocycles. The second kappa shape index (κ2) is 6.63. The number of aryl methyl sites for hydroxylation is 1. The number of amides is 4. The Bertz CT molecular complexity index is 753. The van der Waals surface area contributed by atoms with Gasteiger partial charge >= 0.3 is 6.03 Å². The van der Waals surface area contributed by atoms with Gasteiger partial charge in [-0.25, -0.2) is 4.79 Å². The molecular formula is C19H24N4O3. The molecule has 2 heterocycles. The summed E-state index contributed by atoms with van der Waals surface area (Å²) in [5.41, 5.74) is 2.86. The lowest BCUT2D eigenvalue weighted by molar-refractivity contribution is -0.129. The molecule has 1 aliphatic carbocycles. The predicted molar refractivity (Wildman–Crippen MR) is 98.1 cm³/mol. The molecule has 0 atom stereocenters. The van der Waals surface area contributed by atoms with Crippen molar-refractivity contribution in [1.82, 2.24) is 9.80 Å². The first-order valence-electron chi connectivity index (χ1n) is 9.29. The fraction of sp³-hybridized carbons (Fsp3) is 0.526. The van der Waals surface area contributed by atoms with Crippen LogP contribution >= 0.6 is 0 Å². The molecular weight excluding hydrogens is 332 g/mol. The number of anilines is 2. The zero-order valence-corrected chi connectivity index (χ0v) is 15.0. The monoisotopic (exact) mass is 356 g/mol. The fourth-order valence-electron chi connectivity index (χ4n) is 3.68. The minimum atomic E-state index is -0.346. The van der Waals surface area contributed by atoms with E-state index < -0.39 is 0 Å². The van der Waals surface area contributed by atoms with Crippen LogP contribution in [0.5, 0.6) is 0 Å². The van der Waals surface area contributed by atoms with Gasteiger partial charge in [0.1, 0.15) is 13.1 Å². The first kappa shape index (κ1) is 16.9. The number of carbonyl (C=O) groups is 3. The quantitative estimate of drug-likeness (QED) is 0.819. The minimum absolute atomic E-state index is 0.0976. The van der Waals surface area contributed by atoms with E-state index in [0.29, 0.717) is 0 Å². The van der Waals surface area contributed by atoms with Gasteiger partial charge in [-0.3, -0.25) is 14.5 Å². The van der Waals surface area contributed by atoms with E-state index in [1.807, 2.05) is 19.1 Å². The van der Waals surface area contributed by atoms with E-state index >= 15 is 0 Å². The van der Waals surface area contributed by atoms with E-state index in [2.05, 4.69) is 16.3 Å². The van der Waals surface area contributed by atoms with Crippen molar-refractivity contribution in [3.63, 3.8) is 0 Å². The van der Waals surface area contributed by atoms with E-state index in [9.17, 15) is 14.4 Å².